The second-order valence-electron chi connectivity index (χ2n) is 4.19. The lowest BCUT2D eigenvalue weighted by Gasteiger charge is -1.98. The molecule has 19 heavy (non-hydrogen) atoms. The maximum atomic E-state index is 12.0. The van der Waals surface area contributed by atoms with Crippen LogP contribution in [0, 0.1) is 10.5 Å². The highest BCUT2D eigenvalue weighted by Gasteiger charge is 2.10. The molecule has 0 radical (unpaired) electrons. The van der Waals surface area contributed by atoms with Gasteiger partial charge in [0.2, 0.25) is 0 Å². The van der Waals surface area contributed by atoms with Crippen LogP contribution in [0.3, 0.4) is 0 Å². The predicted molar refractivity (Wildman–Crippen MR) is 83.7 cm³/mol. The summed E-state index contributed by atoms with van der Waals surface area (Å²) in [6.45, 7) is 1.72. The van der Waals surface area contributed by atoms with E-state index in [1.54, 1.807) is 6.92 Å². The molecule has 6 heteroatoms. The number of nitrogens with zero attached hydrogens (tertiary/aromatic N) is 2. The molecule has 3 aromatic rings. The number of aryl methyl sites for hydroxylation is 1. The van der Waals surface area contributed by atoms with Gasteiger partial charge in [0.25, 0.3) is 5.56 Å². The summed E-state index contributed by atoms with van der Waals surface area (Å²) in [5.74, 6) is 0. The van der Waals surface area contributed by atoms with Crippen LogP contribution in [0.25, 0.3) is 16.9 Å². The van der Waals surface area contributed by atoms with E-state index in [0.717, 1.165) is 14.8 Å². The average Bonchev–Trinajstić information content (AvgIpc) is 2.81. The number of benzene rings is 1. The molecule has 0 fully saturated rings. The van der Waals surface area contributed by atoms with Gasteiger partial charge in [-0.15, -0.1) is 0 Å². The second kappa shape index (κ2) is 4.64. The van der Waals surface area contributed by atoms with Gasteiger partial charge in [0, 0.05) is 9.64 Å². The van der Waals surface area contributed by atoms with Crippen molar-refractivity contribution in [3.05, 3.63) is 55.0 Å². The molecule has 0 aliphatic rings. The van der Waals surface area contributed by atoms with Gasteiger partial charge in [0.05, 0.1) is 11.4 Å². The highest BCUT2D eigenvalue weighted by atomic mass is 127. The van der Waals surface area contributed by atoms with Crippen LogP contribution in [0.15, 0.2) is 35.1 Å². The van der Waals surface area contributed by atoms with Gasteiger partial charge in [0.1, 0.15) is 5.02 Å². The van der Waals surface area contributed by atoms with Crippen molar-refractivity contribution in [1.82, 2.24) is 14.6 Å². The molecule has 4 nitrogen and oxygen atoms in total. The molecule has 0 aliphatic carbocycles. The topological polar surface area (TPSA) is 50.2 Å². The van der Waals surface area contributed by atoms with E-state index in [2.05, 4.69) is 32.7 Å². The second-order valence-corrected chi connectivity index (χ2v) is 5.81. The van der Waals surface area contributed by atoms with E-state index < -0.39 is 0 Å². The van der Waals surface area contributed by atoms with Crippen LogP contribution in [0.2, 0.25) is 5.02 Å². The van der Waals surface area contributed by atoms with Crippen LogP contribution < -0.4 is 5.56 Å². The molecule has 0 saturated heterocycles. The van der Waals surface area contributed by atoms with Crippen LogP contribution in [-0.2, 0) is 0 Å². The minimum absolute atomic E-state index is 0.147. The van der Waals surface area contributed by atoms with Crippen LogP contribution in [0.5, 0.6) is 0 Å². The monoisotopic (exact) mass is 385 g/mol. The Morgan fingerprint density at radius 3 is 2.68 bits per heavy atom. The van der Waals surface area contributed by atoms with Gasteiger partial charge in [-0.2, -0.15) is 4.52 Å². The lowest BCUT2D eigenvalue weighted by molar-refractivity contribution is 0.893. The number of halogens is 2. The van der Waals surface area contributed by atoms with E-state index in [0.29, 0.717) is 11.3 Å². The Kier molecular flexibility index (Phi) is 3.10. The largest absolute Gasteiger partial charge is 0.291 e. The first-order chi connectivity index (χ1) is 9.06. The van der Waals surface area contributed by atoms with Gasteiger partial charge < -0.3 is 0 Å². The third-order valence-corrected chi connectivity index (χ3v) is 4.04. The third kappa shape index (κ3) is 2.17. The molecule has 0 aliphatic heterocycles. The normalized spacial score (nSPS) is 11.1. The number of hydrogen-bond acceptors (Lipinski definition) is 2. The molecule has 2 aromatic heterocycles. The van der Waals surface area contributed by atoms with E-state index >= 15 is 0 Å². The zero-order valence-electron chi connectivity index (χ0n) is 9.95. The summed E-state index contributed by atoms with van der Waals surface area (Å²) in [4.78, 5) is 16.3. The zero-order valence-corrected chi connectivity index (χ0v) is 12.9. The lowest BCUT2D eigenvalue weighted by atomic mass is 10.2. The predicted octanol–water partition coefficient (Wildman–Crippen LogP) is 3.26. The fraction of sp³-hybridized carbons (Fsp3) is 0.0769. The summed E-state index contributed by atoms with van der Waals surface area (Å²) >= 11 is 8.16. The van der Waals surface area contributed by atoms with Crippen molar-refractivity contribution in [3.63, 3.8) is 0 Å². The molecule has 1 aromatic carbocycles. The van der Waals surface area contributed by atoms with Gasteiger partial charge in [0.15, 0.2) is 5.65 Å². The Morgan fingerprint density at radius 2 is 2.00 bits per heavy atom. The van der Waals surface area contributed by atoms with Gasteiger partial charge in [-0.05, 0) is 47.2 Å². The summed E-state index contributed by atoms with van der Waals surface area (Å²) in [5, 5.41) is 3.17. The van der Waals surface area contributed by atoms with E-state index in [-0.39, 0.29) is 10.6 Å². The number of nitrogens with one attached hydrogen (secondary N) is 1. The number of hydrogen-bond donors (Lipinski definition) is 1. The maximum absolute atomic E-state index is 12.0. The molecule has 3 rings (SSSR count). The summed E-state index contributed by atoms with van der Waals surface area (Å²) < 4.78 is 2.52. The van der Waals surface area contributed by atoms with Crippen molar-refractivity contribution >= 4 is 39.8 Å². The Labute approximate surface area is 127 Å². The molecule has 1 N–H and O–H groups in total. The summed E-state index contributed by atoms with van der Waals surface area (Å²) in [6, 6.07) is 9.84. The lowest BCUT2D eigenvalue weighted by Crippen LogP contribution is -2.16. The number of aromatic amines is 1. The fourth-order valence-electron chi connectivity index (χ4n) is 1.89. The van der Waals surface area contributed by atoms with Crippen molar-refractivity contribution < 1.29 is 0 Å². The van der Waals surface area contributed by atoms with Crippen LogP contribution in [0.4, 0.5) is 0 Å². The summed E-state index contributed by atoms with van der Waals surface area (Å²) in [7, 11) is 0. The Hall–Kier alpha value is -1.34. The average molecular weight is 386 g/mol. The molecular weight excluding hydrogens is 377 g/mol. The van der Waals surface area contributed by atoms with Crippen LogP contribution in [0.1, 0.15) is 5.69 Å². The summed E-state index contributed by atoms with van der Waals surface area (Å²) in [6.07, 6.45) is 0. The number of aromatic nitrogens is 3. The molecular formula is C13H9ClIN3O. The number of fused-ring (bicyclic) bond motifs is 1. The standard InChI is InChI=1S/C13H9ClIN3O/c1-7-12(14)13(19)18-11(16-7)6-10(17-18)8-2-4-9(15)5-3-8/h2-6,17H,1H3. The molecule has 0 spiro atoms. The molecule has 96 valence electrons. The molecule has 0 amide bonds. The van der Waals surface area contributed by atoms with Crippen LogP contribution in [-0.4, -0.2) is 14.6 Å². The van der Waals surface area contributed by atoms with E-state index in [1.165, 1.54) is 4.52 Å². The number of rotatable bonds is 1. The minimum atomic E-state index is -0.277. The quantitative estimate of drug-likeness (QED) is 0.654. The highest BCUT2D eigenvalue weighted by molar-refractivity contribution is 14.1. The molecule has 0 unspecified atom stereocenters. The van der Waals surface area contributed by atoms with Crippen molar-refractivity contribution in [2.75, 3.05) is 0 Å². The van der Waals surface area contributed by atoms with Gasteiger partial charge in [-0.25, -0.2) is 4.98 Å². The Bertz CT molecular complexity index is 820. The highest BCUT2D eigenvalue weighted by Crippen LogP contribution is 2.20. The molecule has 0 atom stereocenters. The third-order valence-electron chi connectivity index (χ3n) is 2.88. The minimum Gasteiger partial charge on any atom is -0.289 e. The first kappa shape index (κ1) is 12.7. The summed E-state index contributed by atoms with van der Waals surface area (Å²) in [5.41, 5.74) is 2.67. The zero-order chi connectivity index (χ0) is 13.6. The fourth-order valence-corrected chi connectivity index (χ4v) is 2.38. The first-order valence-electron chi connectivity index (χ1n) is 5.60. The van der Waals surface area contributed by atoms with Crippen LogP contribution >= 0.6 is 34.2 Å². The Balaban J connectivity index is 2.25. The van der Waals surface area contributed by atoms with Crippen molar-refractivity contribution in [2.45, 2.75) is 6.92 Å². The molecule has 0 bridgehead atoms. The number of H-pyrrole nitrogens is 1. The van der Waals surface area contributed by atoms with E-state index in [1.807, 2.05) is 30.3 Å². The van der Waals surface area contributed by atoms with Gasteiger partial charge in [-0.3, -0.25) is 9.89 Å². The first-order valence-corrected chi connectivity index (χ1v) is 7.06. The van der Waals surface area contributed by atoms with Gasteiger partial charge >= 0.3 is 0 Å². The smallest absolute Gasteiger partial charge is 0.289 e. The van der Waals surface area contributed by atoms with E-state index in [9.17, 15) is 4.79 Å². The molecule has 0 saturated carbocycles. The maximum Gasteiger partial charge on any atom is 0.291 e. The Morgan fingerprint density at radius 1 is 1.32 bits per heavy atom. The van der Waals surface area contributed by atoms with Gasteiger partial charge in [-0.1, -0.05) is 23.7 Å². The van der Waals surface area contributed by atoms with Crippen molar-refractivity contribution in [1.29, 1.82) is 0 Å². The molecule has 2 heterocycles. The van der Waals surface area contributed by atoms with Crippen molar-refractivity contribution in [3.8, 4) is 11.3 Å². The van der Waals surface area contributed by atoms with E-state index in [4.69, 9.17) is 11.6 Å². The SMILES string of the molecule is Cc1nc2cc(-c3ccc(I)cc3)[nH]n2c(=O)c1Cl. The van der Waals surface area contributed by atoms with Crippen molar-refractivity contribution in [2.24, 2.45) is 0 Å².